The number of amides is 1. The van der Waals surface area contributed by atoms with Crippen LogP contribution in [0.25, 0.3) is 10.8 Å². The number of carboxylic acid groups (broad SMARTS) is 1. The highest BCUT2D eigenvalue weighted by Crippen LogP contribution is 2.32. The summed E-state index contributed by atoms with van der Waals surface area (Å²) in [6.45, 7) is 0.452. The summed E-state index contributed by atoms with van der Waals surface area (Å²) < 4.78 is 59.2. The molecule has 204 valence electrons. The Balaban J connectivity index is 1.48. The molecular weight excluding hydrogens is 524 g/mol. The lowest BCUT2D eigenvalue weighted by Crippen LogP contribution is -2.53. The number of carbonyl (C=O) groups is 3. The zero-order valence-electron chi connectivity index (χ0n) is 20.5. The van der Waals surface area contributed by atoms with Crippen LogP contribution < -0.4 is 10.1 Å². The molecule has 12 heteroatoms. The number of oxime groups is 1. The van der Waals surface area contributed by atoms with E-state index in [4.69, 9.17) is 4.84 Å². The SMILES string of the molecule is CCC1(C(=O)NC(CC(=O)O)C(=O)COc2c(F)c(F)cc(F)c2F)CC(c2ccc3ccccc3c2)=NO1. The van der Waals surface area contributed by atoms with Crippen LogP contribution in [0.4, 0.5) is 17.6 Å². The smallest absolute Gasteiger partial charge is 0.305 e. The topological polar surface area (TPSA) is 114 Å². The first-order valence-electron chi connectivity index (χ1n) is 11.8. The number of ketones is 1. The molecule has 0 saturated heterocycles. The van der Waals surface area contributed by atoms with Gasteiger partial charge in [-0.05, 0) is 23.3 Å². The van der Waals surface area contributed by atoms with Crippen molar-refractivity contribution in [3.05, 3.63) is 77.4 Å². The number of hydrogen-bond donors (Lipinski definition) is 2. The second-order valence-corrected chi connectivity index (χ2v) is 8.89. The Morgan fingerprint density at radius 1 is 1.05 bits per heavy atom. The van der Waals surface area contributed by atoms with Crippen LogP contribution in [0.1, 0.15) is 31.7 Å². The first-order chi connectivity index (χ1) is 18.5. The predicted octanol–water partition coefficient (Wildman–Crippen LogP) is 4.28. The highest BCUT2D eigenvalue weighted by Gasteiger charge is 2.46. The second kappa shape index (κ2) is 11.1. The van der Waals surface area contributed by atoms with E-state index in [1.807, 2.05) is 42.5 Å². The minimum Gasteiger partial charge on any atom is -0.481 e. The maximum atomic E-state index is 13.9. The largest absolute Gasteiger partial charge is 0.481 e. The van der Waals surface area contributed by atoms with Gasteiger partial charge in [0.05, 0.1) is 12.1 Å². The number of nitrogens with zero attached hydrogens (tertiary/aromatic N) is 1. The molecule has 0 spiro atoms. The third-order valence-corrected chi connectivity index (χ3v) is 6.35. The van der Waals surface area contributed by atoms with E-state index in [2.05, 4.69) is 15.2 Å². The van der Waals surface area contributed by atoms with Gasteiger partial charge in [-0.25, -0.2) is 8.78 Å². The van der Waals surface area contributed by atoms with Gasteiger partial charge in [0.25, 0.3) is 5.91 Å². The van der Waals surface area contributed by atoms with Crippen molar-refractivity contribution in [3.63, 3.8) is 0 Å². The maximum absolute atomic E-state index is 13.9. The lowest BCUT2D eigenvalue weighted by molar-refractivity contribution is -0.148. The molecular formula is C27H22F4N2O6. The number of fused-ring (bicyclic) bond motifs is 1. The zero-order valence-corrected chi connectivity index (χ0v) is 20.5. The van der Waals surface area contributed by atoms with E-state index in [-0.39, 0.29) is 18.9 Å². The van der Waals surface area contributed by atoms with Crippen LogP contribution in [0.3, 0.4) is 0 Å². The van der Waals surface area contributed by atoms with Crippen molar-refractivity contribution in [3.8, 4) is 5.75 Å². The van der Waals surface area contributed by atoms with Crippen molar-refractivity contribution in [2.24, 2.45) is 5.16 Å². The molecule has 1 aliphatic heterocycles. The van der Waals surface area contributed by atoms with Crippen molar-refractivity contribution in [2.75, 3.05) is 6.61 Å². The number of nitrogens with one attached hydrogen (secondary N) is 1. The molecule has 0 aliphatic carbocycles. The van der Waals surface area contributed by atoms with Gasteiger partial charge in [-0.15, -0.1) is 0 Å². The Hall–Kier alpha value is -4.48. The number of Topliss-reactive ketones (excluding diaryl/α,β-unsaturated/α-hetero) is 1. The average molecular weight is 546 g/mol. The van der Waals surface area contributed by atoms with Crippen LogP contribution in [0.15, 0.2) is 53.7 Å². The van der Waals surface area contributed by atoms with Crippen molar-refractivity contribution < 1.29 is 46.6 Å². The third-order valence-electron chi connectivity index (χ3n) is 6.35. The Morgan fingerprint density at radius 2 is 1.72 bits per heavy atom. The van der Waals surface area contributed by atoms with Gasteiger partial charge in [-0.1, -0.05) is 48.5 Å². The highest BCUT2D eigenvalue weighted by molar-refractivity contribution is 6.07. The Kier molecular flexibility index (Phi) is 7.84. The van der Waals surface area contributed by atoms with Gasteiger partial charge in [-0.3, -0.25) is 14.4 Å². The molecule has 3 aromatic rings. The molecule has 8 nitrogen and oxygen atoms in total. The fraction of sp³-hybridized carbons (Fsp3) is 0.259. The zero-order chi connectivity index (χ0) is 28.3. The van der Waals surface area contributed by atoms with Gasteiger partial charge in [0.1, 0.15) is 12.6 Å². The number of aliphatic carboxylic acids is 1. The Morgan fingerprint density at radius 3 is 2.36 bits per heavy atom. The molecule has 1 aliphatic rings. The molecule has 39 heavy (non-hydrogen) atoms. The maximum Gasteiger partial charge on any atom is 0.305 e. The second-order valence-electron chi connectivity index (χ2n) is 8.89. The molecule has 3 aromatic carbocycles. The normalized spacial score (nSPS) is 17.3. The molecule has 0 radical (unpaired) electrons. The fourth-order valence-electron chi connectivity index (χ4n) is 4.10. The van der Waals surface area contributed by atoms with Gasteiger partial charge < -0.3 is 20.0 Å². The summed E-state index contributed by atoms with van der Waals surface area (Å²) in [5.74, 6) is -12.2. The molecule has 4 rings (SSSR count). The third kappa shape index (κ3) is 5.69. The standard InChI is InChI=1S/C27H22F4N2O6/c1-2-27(12-20(33-39-27)16-8-7-14-5-3-4-6-15(14)9-16)26(37)32-19(11-22(35)36)21(34)13-38-25-23(30)17(28)10-18(29)24(25)31/h3-10,19H,2,11-13H2,1H3,(H,32,37)(H,35,36). The lowest BCUT2D eigenvalue weighted by Gasteiger charge is -2.26. The van der Waals surface area contributed by atoms with E-state index in [1.54, 1.807) is 6.92 Å². The summed E-state index contributed by atoms with van der Waals surface area (Å²) >= 11 is 0. The summed E-state index contributed by atoms with van der Waals surface area (Å²) in [6, 6.07) is 11.5. The van der Waals surface area contributed by atoms with Crippen molar-refractivity contribution in [2.45, 2.75) is 37.8 Å². The molecule has 0 fully saturated rings. The molecule has 0 saturated carbocycles. The molecule has 0 aromatic heterocycles. The van der Waals surface area contributed by atoms with Gasteiger partial charge in [0.2, 0.25) is 17.2 Å². The number of carboxylic acids is 1. The number of hydrogen-bond acceptors (Lipinski definition) is 6. The van der Waals surface area contributed by atoms with Crippen molar-refractivity contribution in [1.82, 2.24) is 5.32 Å². The van der Waals surface area contributed by atoms with Crippen LogP contribution in [0.5, 0.6) is 5.75 Å². The minimum absolute atomic E-state index is 0.0111. The molecule has 2 atom stereocenters. The van der Waals surface area contributed by atoms with E-state index in [1.165, 1.54) is 0 Å². The number of ether oxygens (including phenoxy) is 1. The van der Waals surface area contributed by atoms with Gasteiger partial charge in [0.15, 0.2) is 23.2 Å². The van der Waals surface area contributed by atoms with Crippen LogP contribution in [-0.2, 0) is 19.2 Å². The van der Waals surface area contributed by atoms with Crippen molar-refractivity contribution >= 4 is 34.1 Å². The van der Waals surface area contributed by atoms with E-state index in [9.17, 15) is 37.1 Å². The number of halogens is 4. The number of benzene rings is 3. The van der Waals surface area contributed by atoms with E-state index in [0.29, 0.717) is 11.3 Å². The molecule has 1 heterocycles. The Labute approximate surface area is 219 Å². The minimum atomic E-state index is -1.87. The first kappa shape index (κ1) is 27.6. The van der Waals surface area contributed by atoms with Crippen LogP contribution in [0, 0.1) is 23.3 Å². The molecule has 0 bridgehead atoms. The Bertz CT molecular complexity index is 1470. The number of carbonyl (C=O) groups excluding carboxylic acids is 2. The monoisotopic (exact) mass is 546 g/mol. The lowest BCUT2D eigenvalue weighted by atomic mass is 9.89. The van der Waals surface area contributed by atoms with Gasteiger partial charge in [0, 0.05) is 18.1 Å². The summed E-state index contributed by atoms with van der Waals surface area (Å²) in [4.78, 5) is 42.8. The molecule has 2 N–H and O–H groups in total. The van der Waals surface area contributed by atoms with E-state index in [0.717, 1.165) is 10.8 Å². The van der Waals surface area contributed by atoms with Gasteiger partial charge in [-0.2, -0.15) is 8.78 Å². The first-order valence-corrected chi connectivity index (χ1v) is 11.8. The van der Waals surface area contributed by atoms with Crippen LogP contribution in [0.2, 0.25) is 0 Å². The quantitative estimate of drug-likeness (QED) is 0.290. The predicted molar refractivity (Wildman–Crippen MR) is 130 cm³/mol. The van der Waals surface area contributed by atoms with Gasteiger partial charge >= 0.3 is 5.97 Å². The molecule has 1 amide bonds. The summed E-state index contributed by atoms with van der Waals surface area (Å²) in [6.07, 6.45) is -0.797. The summed E-state index contributed by atoms with van der Waals surface area (Å²) in [7, 11) is 0. The summed E-state index contributed by atoms with van der Waals surface area (Å²) in [5.41, 5.74) is -0.404. The fourth-order valence-corrected chi connectivity index (χ4v) is 4.10. The average Bonchev–Trinajstić information content (AvgIpc) is 3.37. The van der Waals surface area contributed by atoms with E-state index >= 15 is 0 Å². The highest BCUT2D eigenvalue weighted by atomic mass is 19.2. The van der Waals surface area contributed by atoms with Crippen LogP contribution in [-0.4, -0.2) is 46.7 Å². The van der Waals surface area contributed by atoms with E-state index < -0.39 is 71.3 Å². The van der Waals surface area contributed by atoms with Crippen LogP contribution >= 0.6 is 0 Å². The van der Waals surface area contributed by atoms with Crippen molar-refractivity contribution in [1.29, 1.82) is 0 Å². The number of rotatable bonds is 10. The molecule has 2 unspecified atom stereocenters. The summed E-state index contributed by atoms with van der Waals surface area (Å²) in [5, 5.41) is 17.5.